The molecule has 1 amide bonds. The van der Waals surface area contributed by atoms with Crippen LogP contribution < -0.4 is 11.1 Å². The molecule has 0 fully saturated rings. The summed E-state index contributed by atoms with van der Waals surface area (Å²) in [6.45, 7) is 5.98. The maximum atomic E-state index is 11.7. The summed E-state index contributed by atoms with van der Waals surface area (Å²) in [5.41, 5.74) is 8.00. The normalized spacial score (nSPS) is 13.3. The van der Waals surface area contributed by atoms with Crippen molar-refractivity contribution in [2.75, 3.05) is 0 Å². The number of hydrogen-bond donors (Lipinski definition) is 2. The fourth-order valence-electron chi connectivity index (χ4n) is 1.82. The van der Waals surface area contributed by atoms with E-state index in [2.05, 4.69) is 18.3 Å². The molecule has 0 heterocycles. The molecule has 0 saturated heterocycles. The van der Waals surface area contributed by atoms with Crippen molar-refractivity contribution in [3.05, 3.63) is 35.4 Å². The molecule has 0 spiro atoms. The van der Waals surface area contributed by atoms with Crippen LogP contribution in [0.2, 0.25) is 0 Å². The molecule has 0 aliphatic carbocycles. The van der Waals surface area contributed by atoms with E-state index in [9.17, 15) is 4.79 Å². The summed E-state index contributed by atoms with van der Waals surface area (Å²) in [7, 11) is 0. The van der Waals surface area contributed by atoms with E-state index in [0.717, 1.165) is 6.42 Å². The summed E-state index contributed by atoms with van der Waals surface area (Å²) in [5.74, 6) is 0.0676. The SMILES string of the molecule is Cc1ccccc1C(C)NC(=O)CCC(C)N.Cl. The lowest BCUT2D eigenvalue weighted by Crippen LogP contribution is -2.28. The summed E-state index contributed by atoms with van der Waals surface area (Å²) in [4.78, 5) is 11.7. The Morgan fingerprint density at radius 1 is 1.33 bits per heavy atom. The third-order valence-corrected chi connectivity index (χ3v) is 2.86. The van der Waals surface area contributed by atoms with Gasteiger partial charge in [-0.3, -0.25) is 4.79 Å². The molecule has 1 rings (SSSR count). The number of halogens is 1. The Morgan fingerprint density at radius 3 is 2.50 bits per heavy atom. The molecule has 102 valence electrons. The summed E-state index contributed by atoms with van der Waals surface area (Å²) < 4.78 is 0. The van der Waals surface area contributed by atoms with E-state index in [-0.39, 0.29) is 30.4 Å². The summed E-state index contributed by atoms with van der Waals surface area (Å²) in [6.07, 6.45) is 1.22. The highest BCUT2D eigenvalue weighted by Gasteiger charge is 2.11. The van der Waals surface area contributed by atoms with Crippen molar-refractivity contribution >= 4 is 18.3 Å². The predicted octanol–water partition coefficient (Wildman–Crippen LogP) is 2.72. The van der Waals surface area contributed by atoms with Crippen LogP contribution in [0.15, 0.2) is 24.3 Å². The van der Waals surface area contributed by atoms with Gasteiger partial charge in [0, 0.05) is 12.5 Å². The minimum Gasteiger partial charge on any atom is -0.350 e. The van der Waals surface area contributed by atoms with Gasteiger partial charge < -0.3 is 11.1 Å². The molecule has 1 aromatic rings. The molecule has 18 heavy (non-hydrogen) atoms. The number of nitrogens with two attached hydrogens (primary N) is 1. The van der Waals surface area contributed by atoms with Crippen LogP contribution in [-0.2, 0) is 4.79 Å². The second-order valence-electron chi connectivity index (χ2n) is 4.66. The van der Waals surface area contributed by atoms with Gasteiger partial charge >= 0.3 is 0 Å². The number of aryl methyl sites for hydroxylation is 1. The third-order valence-electron chi connectivity index (χ3n) is 2.86. The van der Waals surface area contributed by atoms with E-state index in [0.29, 0.717) is 6.42 Å². The Kier molecular flexibility index (Phi) is 7.64. The van der Waals surface area contributed by atoms with Gasteiger partial charge in [-0.2, -0.15) is 0 Å². The third kappa shape index (κ3) is 5.52. The van der Waals surface area contributed by atoms with Crippen LogP contribution in [-0.4, -0.2) is 11.9 Å². The average molecular weight is 271 g/mol. The van der Waals surface area contributed by atoms with Crippen molar-refractivity contribution in [2.45, 2.75) is 45.7 Å². The highest BCUT2D eigenvalue weighted by molar-refractivity contribution is 5.85. The van der Waals surface area contributed by atoms with Gasteiger partial charge in [-0.15, -0.1) is 12.4 Å². The first-order valence-corrected chi connectivity index (χ1v) is 6.11. The maximum absolute atomic E-state index is 11.7. The van der Waals surface area contributed by atoms with Crippen molar-refractivity contribution in [3.8, 4) is 0 Å². The van der Waals surface area contributed by atoms with Gasteiger partial charge in [0.25, 0.3) is 0 Å². The minimum absolute atomic E-state index is 0. The van der Waals surface area contributed by atoms with Gasteiger partial charge in [0.15, 0.2) is 0 Å². The second kappa shape index (κ2) is 8.11. The van der Waals surface area contributed by atoms with E-state index >= 15 is 0 Å². The molecule has 0 bridgehead atoms. The van der Waals surface area contributed by atoms with E-state index in [1.807, 2.05) is 32.0 Å². The first kappa shape index (κ1) is 16.9. The Balaban J connectivity index is 0.00000289. The van der Waals surface area contributed by atoms with E-state index < -0.39 is 0 Å². The molecule has 3 N–H and O–H groups in total. The molecule has 2 atom stereocenters. The van der Waals surface area contributed by atoms with E-state index in [4.69, 9.17) is 5.73 Å². The van der Waals surface area contributed by atoms with Crippen LogP contribution in [0.5, 0.6) is 0 Å². The molecular formula is C14H23ClN2O. The van der Waals surface area contributed by atoms with Crippen molar-refractivity contribution in [2.24, 2.45) is 5.73 Å². The van der Waals surface area contributed by atoms with Crippen molar-refractivity contribution in [3.63, 3.8) is 0 Å². The Labute approximate surface area is 116 Å². The van der Waals surface area contributed by atoms with Crippen molar-refractivity contribution in [1.82, 2.24) is 5.32 Å². The quantitative estimate of drug-likeness (QED) is 0.864. The Bertz CT molecular complexity index is 380. The van der Waals surface area contributed by atoms with Crippen LogP contribution in [0.3, 0.4) is 0 Å². The summed E-state index contributed by atoms with van der Waals surface area (Å²) in [6, 6.07) is 8.23. The fraction of sp³-hybridized carbons (Fsp3) is 0.500. The number of benzene rings is 1. The van der Waals surface area contributed by atoms with Gasteiger partial charge in [-0.05, 0) is 38.3 Å². The highest BCUT2D eigenvalue weighted by atomic mass is 35.5. The molecule has 2 unspecified atom stereocenters. The second-order valence-corrected chi connectivity index (χ2v) is 4.66. The van der Waals surface area contributed by atoms with Gasteiger partial charge in [0.05, 0.1) is 6.04 Å². The average Bonchev–Trinajstić information content (AvgIpc) is 2.26. The zero-order valence-corrected chi connectivity index (χ0v) is 12.1. The zero-order valence-electron chi connectivity index (χ0n) is 11.3. The number of nitrogens with one attached hydrogen (secondary N) is 1. The maximum Gasteiger partial charge on any atom is 0.220 e. The van der Waals surface area contributed by atoms with Gasteiger partial charge in [0.2, 0.25) is 5.91 Å². The molecular weight excluding hydrogens is 248 g/mol. The van der Waals surface area contributed by atoms with Crippen LogP contribution in [0.1, 0.15) is 43.9 Å². The van der Waals surface area contributed by atoms with Crippen LogP contribution >= 0.6 is 12.4 Å². The topological polar surface area (TPSA) is 55.1 Å². The van der Waals surface area contributed by atoms with E-state index in [1.54, 1.807) is 0 Å². The largest absolute Gasteiger partial charge is 0.350 e. The summed E-state index contributed by atoms with van der Waals surface area (Å²) in [5, 5.41) is 3.00. The van der Waals surface area contributed by atoms with Gasteiger partial charge in [-0.25, -0.2) is 0 Å². The summed E-state index contributed by atoms with van der Waals surface area (Å²) >= 11 is 0. The molecule has 0 aliphatic rings. The zero-order chi connectivity index (χ0) is 12.8. The smallest absolute Gasteiger partial charge is 0.220 e. The first-order valence-electron chi connectivity index (χ1n) is 6.11. The number of hydrogen-bond acceptors (Lipinski definition) is 2. The van der Waals surface area contributed by atoms with Crippen LogP contribution in [0, 0.1) is 6.92 Å². The molecule has 0 aliphatic heterocycles. The minimum atomic E-state index is 0. The molecule has 0 saturated carbocycles. The molecule has 1 aromatic carbocycles. The molecule has 0 aromatic heterocycles. The van der Waals surface area contributed by atoms with Crippen LogP contribution in [0.4, 0.5) is 0 Å². The fourth-order valence-corrected chi connectivity index (χ4v) is 1.82. The van der Waals surface area contributed by atoms with E-state index in [1.165, 1.54) is 11.1 Å². The van der Waals surface area contributed by atoms with Crippen molar-refractivity contribution < 1.29 is 4.79 Å². The number of amides is 1. The first-order chi connectivity index (χ1) is 8.00. The standard InChI is InChI=1S/C14H22N2O.ClH/c1-10-6-4-5-7-13(10)12(3)16-14(17)9-8-11(2)15;/h4-7,11-12H,8-9,15H2,1-3H3,(H,16,17);1H. The van der Waals surface area contributed by atoms with Gasteiger partial charge in [-0.1, -0.05) is 24.3 Å². The van der Waals surface area contributed by atoms with Crippen molar-refractivity contribution in [1.29, 1.82) is 0 Å². The number of carbonyl (C=O) groups excluding carboxylic acids is 1. The predicted molar refractivity (Wildman–Crippen MR) is 77.9 cm³/mol. The Hall–Kier alpha value is -1.06. The number of carbonyl (C=O) groups is 1. The number of rotatable bonds is 5. The lowest BCUT2D eigenvalue weighted by atomic mass is 10.0. The molecule has 3 nitrogen and oxygen atoms in total. The van der Waals surface area contributed by atoms with Gasteiger partial charge in [0.1, 0.15) is 0 Å². The lowest BCUT2D eigenvalue weighted by molar-refractivity contribution is -0.121. The Morgan fingerprint density at radius 2 is 1.94 bits per heavy atom. The molecule has 0 radical (unpaired) electrons. The lowest BCUT2D eigenvalue weighted by Gasteiger charge is -2.16. The molecule has 4 heteroatoms. The van der Waals surface area contributed by atoms with Crippen LogP contribution in [0.25, 0.3) is 0 Å². The highest BCUT2D eigenvalue weighted by Crippen LogP contribution is 2.16. The monoisotopic (exact) mass is 270 g/mol.